The van der Waals surface area contributed by atoms with Gasteiger partial charge < -0.3 is 0 Å². The molecule has 0 amide bonds. The van der Waals surface area contributed by atoms with Crippen LogP contribution in [0.5, 0.6) is 0 Å². The lowest BCUT2D eigenvalue weighted by Crippen LogP contribution is -2.25. The highest BCUT2D eigenvalue weighted by Gasteiger charge is 2.06. The van der Waals surface area contributed by atoms with E-state index in [-0.39, 0.29) is 6.04 Å². The van der Waals surface area contributed by atoms with Gasteiger partial charge in [0.1, 0.15) is 0 Å². The Morgan fingerprint density at radius 1 is 1.50 bits per heavy atom. The van der Waals surface area contributed by atoms with E-state index in [9.17, 15) is 0 Å². The Balaban J connectivity index is 3.01. The number of benzene rings is 1. The molecular formula is C9H13BrN2. The predicted molar refractivity (Wildman–Crippen MR) is 54.6 cm³/mol. The Kier molecular flexibility index (Phi) is 3.26. The average Bonchev–Trinajstić information content (AvgIpc) is 2.03. The quantitative estimate of drug-likeness (QED) is 0.603. The molecule has 0 aromatic heterocycles. The molecule has 0 spiro atoms. The minimum atomic E-state index is 0.181. The van der Waals surface area contributed by atoms with E-state index in [0.29, 0.717) is 0 Å². The van der Waals surface area contributed by atoms with Crippen molar-refractivity contribution in [1.29, 1.82) is 0 Å². The maximum atomic E-state index is 5.34. The minimum absolute atomic E-state index is 0.181. The van der Waals surface area contributed by atoms with Gasteiger partial charge in [-0.1, -0.05) is 28.1 Å². The molecule has 0 saturated carbocycles. The molecule has 0 heterocycles. The molecule has 1 atom stereocenters. The maximum absolute atomic E-state index is 5.34. The first kappa shape index (κ1) is 9.71. The van der Waals surface area contributed by atoms with Gasteiger partial charge in [0.2, 0.25) is 0 Å². The van der Waals surface area contributed by atoms with Gasteiger partial charge in [-0.3, -0.25) is 11.3 Å². The van der Waals surface area contributed by atoms with E-state index in [1.54, 1.807) is 0 Å². The zero-order chi connectivity index (χ0) is 9.14. The van der Waals surface area contributed by atoms with Crippen LogP contribution in [-0.4, -0.2) is 0 Å². The molecule has 12 heavy (non-hydrogen) atoms. The third-order valence-electron chi connectivity index (χ3n) is 1.87. The van der Waals surface area contributed by atoms with Gasteiger partial charge in [0.25, 0.3) is 0 Å². The summed E-state index contributed by atoms with van der Waals surface area (Å²) in [5, 5.41) is 0. The Bertz CT molecular complexity index is 273. The molecule has 2 nitrogen and oxygen atoms in total. The predicted octanol–water partition coefficient (Wildman–Crippen LogP) is 2.28. The van der Waals surface area contributed by atoms with Crippen molar-refractivity contribution >= 4 is 15.9 Å². The van der Waals surface area contributed by atoms with Crippen LogP contribution >= 0.6 is 15.9 Å². The second-order valence-electron chi connectivity index (χ2n) is 2.91. The van der Waals surface area contributed by atoms with Crippen molar-refractivity contribution in [3.63, 3.8) is 0 Å². The number of nitrogens with two attached hydrogens (primary N) is 1. The van der Waals surface area contributed by atoms with Gasteiger partial charge in [0, 0.05) is 10.5 Å². The summed E-state index contributed by atoms with van der Waals surface area (Å²) < 4.78 is 1.10. The van der Waals surface area contributed by atoms with Gasteiger partial charge in [0.05, 0.1) is 0 Å². The van der Waals surface area contributed by atoms with Gasteiger partial charge in [-0.15, -0.1) is 0 Å². The molecule has 0 aliphatic carbocycles. The number of aryl methyl sites for hydroxylation is 1. The maximum Gasteiger partial charge on any atom is 0.0443 e. The molecule has 0 fully saturated rings. The smallest absolute Gasteiger partial charge is 0.0443 e. The fraction of sp³-hybridized carbons (Fsp3) is 0.333. The fourth-order valence-corrected chi connectivity index (χ4v) is 1.91. The van der Waals surface area contributed by atoms with Crippen LogP contribution < -0.4 is 11.3 Å². The molecule has 1 rings (SSSR count). The van der Waals surface area contributed by atoms with E-state index in [2.05, 4.69) is 46.5 Å². The minimum Gasteiger partial charge on any atom is -0.271 e. The lowest BCUT2D eigenvalue weighted by Gasteiger charge is -2.12. The highest BCUT2D eigenvalue weighted by atomic mass is 79.9. The number of nitrogens with one attached hydrogen (secondary N) is 1. The van der Waals surface area contributed by atoms with Crippen LogP contribution in [0.1, 0.15) is 24.1 Å². The van der Waals surface area contributed by atoms with Crippen LogP contribution in [-0.2, 0) is 0 Å². The van der Waals surface area contributed by atoms with Crippen molar-refractivity contribution in [3.05, 3.63) is 33.8 Å². The van der Waals surface area contributed by atoms with Crippen molar-refractivity contribution < 1.29 is 0 Å². The topological polar surface area (TPSA) is 38.0 Å². The summed E-state index contributed by atoms with van der Waals surface area (Å²) in [6, 6.07) is 6.42. The van der Waals surface area contributed by atoms with Crippen LogP contribution in [0.25, 0.3) is 0 Å². The monoisotopic (exact) mass is 228 g/mol. The molecule has 1 aromatic carbocycles. The molecule has 0 aliphatic rings. The van der Waals surface area contributed by atoms with E-state index >= 15 is 0 Å². The summed E-state index contributed by atoms with van der Waals surface area (Å²) in [6.45, 7) is 4.09. The molecule has 0 bridgehead atoms. The normalized spacial score (nSPS) is 13.0. The highest BCUT2D eigenvalue weighted by Crippen LogP contribution is 2.23. The molecular weight excluding hydrogens is 216 g/mol. The van der Waals surface area contributed by atoms with Crippen LogP contribution in [0.3, 0.4) is 0 Å². The molecule has 3 N–H and O–H groups in total. The summed E-state index contributed by atoms with van der Waals surface area (Å²) in [4.78, 5) is 0. The van der Waals surface area contributed by atoms with Crippen molar-refractivity contribution in [2.24, 2.45) is 5.84 Å². The lowest BCUT2D eigenvalue weighted by molar-refractivity contribution is 0.600. The number of rotatable bonds is 2. The number of hydrogen-bond acceptors (Lipinski definition) is 2. The fourth-order valence-electron chi connectivity index (χ4n) is 1.07. The van der Waals surface area contributed by atoms with Crippen LogP contribution in [0.15, 0.2) is 22.7 Å². The van der Waals surface area contributed by atoms with Gasteiger partial charge >= 0.3 is 0 Å². The number of halogens is 1. The van der Waals surface area contributed by atoms with E-state index in [0.717, 1.165) is 4.47 Å². The molecule has 0 radical (unpaired) electrons. The summed E-state index contributed by atoms with van der Waals surface area (Å²) >= 11 is 3.49. The third-order valence-corrected chi connectivity index (χ3v) is 2.56. The summed E-state index contributed by atoms with van der Waals surface area (Å²) in [6.07, 6.45) is 0. The molecule has 1 unspecified atom stereocenters. The molecule has 1 aromatic rings. The standard InChI is InChI=1S/C9H13BrN2/c1-6-3-4-8(7(2)12-11)9(10)5-6/h3-5,7,12H,11H2,1-2H3. The Morgan fingerprint density at radius 2 is 2.17 bits per heavy atom. The van der Waals surface area contributed by atoms with Gasteiger partial charge in [0.15, 0.2) is 0 Å². The SMILES string of the molecule is Cc1ccc(C(C)NN)c(Br)c1. The first-order chi connectivity index (χ1) is 5.65. The first-order valence-corrected chi connectivity index (χ1v) is 4.66. The average molecular weight is 229 g/mol. The van der Waals surface area contributed by atoms with Crippen LogP contribution in [0.2, 0.25) is 0 Å². The Hall–Kier alpha value is -0.380. The second kappa shape index (κ2) is 4.03. The molecule has 0 saturated heterocycles. The van der Waals surface area contributed by atoms with E-state index in [4.69, 9.17) is 5.84 Å². The van der Waals surface area contributed by atoms with Crippen LogP contribution in [0, 0.1) is 6.92 Å². The third kappa shape index (κ3) is 2.06. The second-order valence-corrected chi connectivity index (χ2v) is 3.77. The van der Waals surface area contributed by atoms with E-state index in [1.807, 2.05) is 6.92 Å². The van der Waals surface area contributed by atoms with E-state index in [1.165, 1.54) is 11.1 Å². The first-order valence-electron chi connectivity index (χ1n) is 3.87. The van der Waals surface area contributed by atoms with Crippen molar-refractivity contribution in [2.75, 3.05) is 0 Å². The largest absolute Gasteiger partial charge is 0.271 e. The molecule has 66 valence electrons. The zero-order valence-electron chi connectivity index (χ0n) is 7.26. The van der Waals surface area contributed by atoms with Gasteiger partial charge in [-0.25, -0.2) is 0 Å². The van der Waals surface area contributed by atoms with Crippen molar-refractivity contribution in [3.8, 4) is 0 Å². The van der Waals surface area contributed by atoms with Crippen molar-refractivity contribution in [2.45, 2.75) is 19.9 Å². The zero-order valence-corrected chi connectivity index (χ0v) is 8.85. The summed E-state index contributed by atoms with van der Waals surface area (Å²) in [5.41, 5.74) is 5.14. The van der Waals surface area contributed by atoms with Crippen LogP contribution in [0.4, 0.5) is 0 Å². The number of hydrogen-bond donors (Lipinski definition) is 2. The Morgan fingerprint density at radius 3 is 2.67 bits per heavy atom. The Labute approximate surface area is 81.3 Å². The molecule has 3 heteroatoms. The summed E-state index contributed by atoms with van der Waals surface area (Å²) in [7, 11) is 0. The highest BCUT2D eigenvalue weighted by molar-refractivity contribution is 9.10. The van der Waals surface area contributed by atoms with Gasteiger partial charge in [-0.05, 0) is 31.0 Å². The summed E-state index contributed by atoms with van der Waals surface area (Å²) in [5.74, 6) is 5.34. The molecule has 0 aliphatic heterocycles. The van der Waals surface area contributed by atoms with Gasteiger partial charge in [-0.2, -0.15) is 0 Å². The van der Waals surface area contributed by atoms with Crippen molar-refractivity contribution in [1.82, 2.24) is 5.43 Å². The lowest BCUT2D eigenvalue weighted by atomic mass is 10.1. The van der Waals surface area contributed by atoms with E-state index < -0.39 is 0 Å². The number of hydrazine groups is 1.